The molecule has 0 unspecified atom stereocenters. The first-order chi connectivity index (χ1) is 9.70. The van der Waals surface area contributed by atoms with Crippen LogP contribution in [0.4, 0.5) is 5.69 Å². The lowest BCUT2D eigenvalue weighted by atomic mass is 10.1. The highest BCUT2D eigenvalue weighted by Gasteiger charge is 2.06. The first-order valence-corrected chi connectivity index (χ1v) is 6.84. The summed E-state index contributed by atoms with van der Waals surface area (Å²) in [4.78, 5) is 22.8. The Morgan fingerprint density at radius 3 is 2.55 bits per heavy atom. The molecule has 0 heterocycles. The zero-order chi connectivity index (χ0) is 14.4. The van der Waals surface area contributed by atoms with Crippen molar-refractivity contribution < 1.29 is 9.59 Å². The van der Waals surface area contributed by atoms with Crippen LogP contribution in [0.15, 0.2) is 42.5 Å². The molecule has 2 amide bonds. The maximum absolute atomic E-state index is 11.8. The molecule has 104 valence electrons. The van der Waals surface area contributed by atoms with E-state index in [1.54, 1.807) is 0 Å². The third-order valence-corrected chi connectivity index (χ3v) is 3.10. The van der Waals surface area contributed by atoms with Crippen LogP contribution in [0.1, 0.15) is 6.42 Å². The lowest BCUT2D eigenvalue weighted by molar-refractivity contribution is -0.119. The van der Waals surface area contributed by atoms with Crippen LogP contribution in [0.2, 0.25) is 0 Å². The Morgan fingerprint density at radius 1 is 1.00 bits per heavy atom. The van der Waals surface area contributed by atoms with Gasteiger partial charge in [0.25, 0.3) is 0 Å². The molecule has 0 spiro atoms. The molecule has 0 aliphatic carbocycles. The summed E-state index contributed by atoms with van der Waals surface area (Å²) in [7, 11) is 0. The minimum atomic E-state index is -0.273. The van der Waals surface area contributed by atoms with Crippen LogP contribution >= 0.6 is 11.6 Å². The van der Waals surface area contributed by atoms with E-state index in [0.717, 1.165) is 16.5 Å². The van der Waals surface area contributed by atoms with Gasteiger partial charge in [0.05, 0.1) is 0 Å². The molecular weight excluding hydrogens is 276 g/mol. The molecule has 0 aliphatic heterocycles. The number of hydrogen-bond acceptors (Lipinski definition) is 2. The van der Waals surface area contributed by atoms with Crippen LogP contribution in [0, 0.1) is 0 Å². The monoisotopic (exact) mass is 290 g/mol. The van der Waals surface area contributed by atoms with Crippen molar-refractivity contribution in [2.75, 3.05) is 17.7 Å². The van der Waals surface area contributed by atoms with E-state index in [4.69, 9.17) is 11.6 Å². The summed E-state index contributed by atoms with van der Waals surface area (Å²) in [5, 5.41) is 7.47. The van der Waals surface area contributed by atoms with Crippen LogP contribution in [-0.4, -0.2) is 24.2 Å². The van der Waals surface area contributed by atoms with Crippen molar-refractivity contribution in [3.8, 4) is 0 Å². The molecule has 0 fully saturated rings. The van der Waals surface area contributed by atoms with Crippen LogP contribution in [0.5, 0.6) is 0 Å². The van der Waals surface area contributed by atoms with Gasteiger partial charge >= 0.3 is 0 Å². The Bertz CT molecular complexity index is 623. The highest BCUT2D eigenvalue weighted by atomic mass is 35.5. The number of carbonyl (C=O) groups excluding carboxylic acids is 2. The van der Waals surface area contributed by atoms with Crippen molar-refractivity contribution in [2.24, 2.45) is 0 Å². The van der Waals surface area contributed by atoms with Crippen LogP contribution in [0.3, 0.4) is 0 Å². The number of benzene rings is 2. The molecule has 2 N–H and O–H groups in total. The van der Waals surface area contributed by atoms with Gasteiger partial charge in [-0.1, -0.05) is 36.4 Å². The van der Waals surface area contributed by atoms with E-state index in [9.17, 15) is 9.59 Å². The van der Waals surface area contributed by atoms with Gasteiger partial charge in [-0.3, -0.25) is 9.59 Å². The molecule has 2 aromatic rings. The average Bonchev–Trinajstić information content (AvgIpc) is 2.47. The first-order valence-electron chi connectivity index (χ1n) is 6.31. The van der Waals surface area contributed by atoms with Gasteiger partial charge < -0.3 is 10.6 Å². The number of hydrogen-bond donors (Lipinski definition) is 2. The maximum Gasteiger partial charge on any atom is 0.234 e. The summed E-state index contributed by atoms with van der Waals surface area (Å²) in [6.45, 7) is 0.280. The molecule has 0 saturated heterocycles. The number of rotatable bonds is 5. The highest BCUT2D eigenvalue weighted by Crippen LogP contribution is 2.22. The standard InChI is InChI=1S/C15H15ClN2O2/c16-10-15(20)17-9-8-14(19)18-13-7-3-5-11-4-1-2-6-12(11)13/h1-7H,8-10H2,(H,17,20)(H,18,19). The van der Waals surface area contributed by atoms with E-state index in [0.29, 0.717) is 0 Å². The number of amides is 2. The number of carbonyl (C=O) groups is 2. The van der Waals surface area contributed by atoms with Crippen molar-refractivity contribution >= 4 is 39.9 Å². The predicted octanol–water partition coefficient (Wildman–Crippen LogP) is 2.52. The third kappa shape index (κ3) is 3.71. The van der Waals surface area contributed by atoms with Crippen LogP contribution in [-0.2, 0) is 9.59 Å². The lowest BCUT2D eigenvalue weighted by Crippen LogP contribution is -2.28. The van der Waals surface area contributed by atoms with E-state index >= 15 is 0 Å². The second-order valence-corrected chi connectivity index (χ2v) is 4.58. The van der Waals surface area contributed by atoms with Gasteiger partial charge in [0, 0.05) is 24.0 Å². The van der Waals surface area contributed by atoms with E-state index < -0.39 is 0 Å². The van der Waals surface area contributed by atoms with E-state index in [1.165, 1.54) is 0 Å². The van der Waals surface area contributed by atoms with Gasteiger partial charge in [-0.25, -0.2) is 0 Å². The molecule has 2 rings (SSSR count). The Balaban J connectivity index is 1.98. The molecule has 0 aliphatic rings. The fourth-order valence-electron chi connectivity index (χ4n) is 1.91. The van der Waals surface area contributed by atoms with Crippen molar-refractivity contribution in [3.05, 3.63) is 42.5 Å². The van der Waals surface area contributed by atoms with Crippen LogP contribution < -0.4 is 10.6 Å². The van der Waals surface area contributed by atoms with Gasteiger partial charge in [-0.2, -0.15) is 0 Å². The normalized spacial score (nSPS) is 10.2. The Kier molecular flexibility index (Phi) is 4.96. The zero-order valence-electron chi connectivity index (χ0n) is 10.9. The van der Waals surface area contributed by atoms with Gasteiger partial charge in [-0.15, -0.1) is 11.6 Å². The molecule has 4 nitrogen and oxygen atoms in total. The van der Waals surface area contributed by atoms with Gasteiger partial charge in [0.1, 0.15) is 5.88 Å². The minimum absolute atomic E-state index is 0.0923. The number of halogens is 1. The lowest BCUT2D eigenvalue weighted by Gasteiger charge is -2.09. The molecule has 0 saturated carbocycles. The smallest absolute Gasteiger partial charge is 0.234 e. The molecule has 20 heavy (non-hydrogen) atoms. The molecule has 0 bridgehead atoms. The van der Waals surface area contributed by atoms with Crippen molar-refractivity contribution in [1.82, 2.24) is 5.32 Å². The van der Waals surface area contributed by atoms with Crippen molar-refractivity contribution in [3.63, 3.8) is 0 Å². The van der Waals surface area contributed by atoms with Gasteiger partial charge in [0.2, 0.25) is 11.8 Å². The van der Waals surface area contributed by atoms with Crippen molar-refractivity contribution in [2.45, 2.75) is 6.42 Å². The number of nitrogens with one attached hydrogen (secondary N) is 2. The summed E-state index contributed by atoms with van der Waals surface area (Å²) in [6.07, 6.45) is 0.214. The van der Waals surface area contributed by atoms with E-state index in [-0.39, 0.29) is 30.7 Å². The second kappa shape index (κ2) is 6.91. The Labute approximate surface area is 122 Å². The Morgan fingerprint density at radius 2 is 1.75 bits per heavy atom. The quantitative estimate of drug-likeness (QED) is 0.831. The molecule has 2 aromatic carbocycles. The summed E-state index contributed by atoms with van der Waals surface area (Å²) in [5.41, 5.74) is 0.775. The number of fused-ring (bicyclic) bond motifs is 1. The van der Waals surface area contributed by atoms with Crippen LogP contribution in [0.25, 0.3) is 10.8 Å². The predicted molar refractivity (Wildman–Crippen MR) is 80.9 cm³/mol. The van der Waals surface area contributed by atoms with Crippen molar-refractivity contribution in [1.29, 1.82) is 0 Å². The summed E-state index contributed by atoms with van der Waals surface area (Å²) in [5.74, 6) is -0.508. The molecule has 5 heteroatoms. The van der Waals surface area contributed by atoms with E-state index in [2.05, 4.69) is 10.6 Å². The second-order valence-electron chi connectivity index (χ2n) is 4.31. The minimum Gasteiger partial charge on any atom is -0.355 e. The highest BCUT2D eigenvalue weighted by molar-refractivity contribution is 6.27. The summed E-state index contributed by atoms with van der Waals surface area (Å²) >= 11 is 5.35. The largest absolute Gasteiger partial charge is 0.355 e. The van der Waals surface area contributed by atoms with E-state index in [1.807, 2.05) is 42.5 Å². The first kappa shape index (κ1) is 14.3. The van der Waals surface area contributed by atoms with Gasteiger partial charge in [0.15, 0.2) is 0 Å². The maximum atomic E-state index is 11.8. The fourth-order valence-corrected chi connectivity index (χ4v) is 2.00. The molecule has 0 aromatic heterocycles. The number of anilines is 1. The van der Waals surface area contributed by atoms with Gasteiger partial charge in [-0.05, 0) is 11.5 Å². The third-order valence-electron chi connectivity index (χ3n) is 2.86. The zero-order valence-corrected chi connectivity index (χ0v) is 11.6. The number of alkyl halides is 1. The fraction of sp³-hybridized carbons (Fsp3) is 0.200. The summed E-state index contributed by atoms with van der Waals surface area (Å²) in [6, 6.07) is 13.6. The SMILES string of the molecule is O=C(CCl)NCCC(=O)Nc1cccc2ccccc12. The molecule has 0 atom stereocenters. The molecular formula is C15H15ClN2O2. The molecule has 0 radical (unpaired) electrons. The topological polar surface area (TPSA) is 58.2 Å². The summed E-state index contributed by atoms with van der Waals surface area (Å²) < 4.78 is 0. The average molecular weight is 291 g/mol. The Hall–Kier alpha value is -2.07.